The maximum absolute atomic E-state index is 15.3. The number of pyridine rings is 1. The first-order valence-corrected chi connectivity index (χ1v) is 9.78. The summed E-state index contributed by atoms with van der Waals surface area (Å²) in [5, 5.41) is 12.2. The molecule has 32 heavy (non-hydrogen) atoms. The molecule has 1 saturated heterocycles. The van der Waals surface area contributed by atoms with E-state index in [2.05, 4.69) is 5.32 Å². The number of carbonyl (C=O) groups excluding carboxylic acids is 1. The van der Waals surface area contributed by atoms with E-state index in [9.17, 15) is 28.3 Å². The Morgan fingerprint density at radius 1 is 1.06 bits per heavy atom. The molecule has 2 N–H and O–H groups in total. The van der Waals surface area contributed by atoms with Crippen LogP contribution in [0, 0.1) is 17.5 Å². The molecule has 0 aliphatic carbocycles. The van der Waals surface area contributed by atoms with Crippen LogP contribution < -0.4 is 15.6 Å². The highest BCUT2D eigenvalue weighted by Crippen LogP contribution is 2.34. The molecule has 0 amide bonds. The maximum atomic E-state index is 15.3. The summed E-state index contributed by atoms with van der Waals surface area (Å²) in [7, 11) is 0. The average molecular weight is 445 g/mol. The number of carboxylic acids is 1. The van der Waals surface area contributed by atoms with Gasteiger partial charge in [-0.2, -0.15) is 0 Å². The number of aromatic nitrogens is 1. The number of aromatic carboxylic acids is 1. The van der Waals surface area contributed by atoms with Crippen LogP contribution in [0.2, 0.25) is 0 Å². The maximum Gasteiger partial charge on any atom is 0.341 e. The van der Waals surface area contributed by atoms with Gasteiger partial charge in [-0.3, -0.25) is 9.59 Å². The monoisotopic (exact) mass is 445 g/mol. The van der Waals surface area contributed by atoms with Crippen molar-refractivity contribution in [2.75, 3.05) is 31.1 Å². The van der Waals surface area contributed by atoms with Crippen LogP contribution in [0.3, 0.4) is 0 Å². The van der Waals surface area contributed by atoms with Gasteiger partial charge >= 0.3 is 5.97 Å². The molecule has 1 fully saturated rings. The Bertz CT molecular complexity index is 1330. The van der Waals surface area contributed by atoms with Gasteiger partial charge in [0.25, 0.3) is 0 Å². The summed E-state index contributed by atoms with van der Waals surface area (Å²) in [5.74, 6) is -4.98. The molecular weight excluding hydrogens is 427 g/mol. The largest absolute Gasteiger partial charge is 0.477 e. The van der Waals surface area contributed by atoms with Crippen molar-refractivity contribution >= 4 is 28.3 Å². The minimum atomic E-state index is -1.61. The lowest BCUT2D eigenvalue weighted by Crippen LogP contribution is -2.44. The van der Waals surface area contributed by atoms with E-state index in [1.807, 2.05) is 0 Å². The van der Waals surface area contributed by atoms with Crippen molar-refractivity contribution in [2.24, 2.45) is 0 Å². The van der Waals surface area contributed by atoms with Gasteiger partial charge in [0.15, 0.2) is 5.78 Å². The Kier molecular flexibility index (Phi) is 5.47. The minimum absolute atomic E-state index is 0.0507. The van der Waals surface area contributed by atoms with Crippen LogP contribution in [0.4, 0.5) is 18.9 Å². The highest BCUT2D eigenvalue weighted by molar-refractivity contribution is 6.12. The van der Waals surface area contributed by atoms with Crippen LogP contribution in [0.15, 0.2) is 35.3 Å². The molecule has 2 aromatic carbocycles. The molecule has 166 valence electrons. The van der Waals surface area contributed by atoms with E-state index in [1.165, 1.54) is 6.92 Å². The lowest BCUT2D eigenvalue weighted by molar-refractivity contribution is 0.0695. The molecule has 3 aromatic rings. The van der Waals surface area contributed by atoms with Crippen LogP contribution in [-0.4, -0.2) is 47.6 Å². The van der Waals surface area contributed by atoms with E-state index in [4.69, 9.17) is 0 Å². The predicted molar refractivity (Wildman–Crippen MR) is 111 cm³/mol. The molecule has 2 heterocycles. The number of hydrogen-bond acceptors (Lipinski definition) is 5. The quantitative estimate of drug-likeness (QED) is 0.600. The lowest BCUT2D eigenvalue weighted by Gasteiger charge is -2.32. The highest BCUT2D eigenvalue weighted by atomic mass is 19.1. The van der Waals surface area contributed by atoms with Gasteiger partial charge in [-0.15, -0.1) is 0 Å². The van der Waals surface area contributed by atoms with Crippen molar-refractivity contribution in [3.8, 4) is 5.69 Å². The second-order valence-corrected chi connectivity index (χ2v) is 7.41. The summed E-state index contributed by atoms with van der Waals surface area (Å²) in [6, 6.07) is 3.47. The summed E-state index contributed by atoms with van der Waals surface area (Å²) in [6.07, 6.45) is 0.870. The summed E-state index contributed by atoms with van der Waals surface area (Å²) >= 11 is 0. The average Bonchev–Trinajstić information content (AvgIpc) is 2.74. The molecule has 0 unspecified atom stereocenters. The first kappa shape index (κ1) is 21.6. The Morgan fingerprint density at radius 3 is 2.34 bits per heavy atom. The van der Waals surface area contributed by atoms with Crippen LogP contribution in [0.25, 0.3) is 16.6 Å². The molecule has 4 rings (SSSR count). The predicted octanol–water partition coefficient (Wildman–Crippen LogP) is 2.72. The number of rotatable bonds is 4. The zero-order valence-electron chi connectivity index (χ0n) is 16.9. The number of carbonyl (C=O) groups is 2. The van der Waals surface area contributed by atoms with E-state index in [-0.39, 0.29) is 22.5 Å². The molecule has 1 aliphatic rings. The zero-order chi connectivity index (χ0) is 23.2. The van der Waals surface area contributed by atoms with Crippen molar-refractivity contribution in [3.05, 3.63) is 69.3 Å². The topological polar surface area (TPSA) is 91.6 Å². The second-order valence-electron chi connectivity index (χ2n) is 7.41. The third-order valence-electron chi connectivity index (χ3n) is 5.40. The number of piperazine rings is 1. The lowest BCUT2D eigenvalue weighted by atomic mass is 9.99. The van der Waals surface area contributed by atoms with Crippen LogP contribution in [0.5, 0.6) is 0 Å². The number of benzene rings is 2. The fourth-order valence-corrected chi connectivity index (χ4v) is 4.00. The van der Waals surface area contributed by atoms with Crippen molar-refractivity contribution in [1.82, 2.24) is 9.88 Å². The number of fused-ring (bicyclic) bond motifs is 1. The van der Waals surface area contributed by atoms with Crippen LogP contribution in [-0.2, 0) is 0 Å². The summed E-state index contributed by atoms with van der Waals surface area (Å²) in [5.41, 5.74) is -2.43. The number of halogens is 3. The van der Waals surface area contributed by atoms with E-state index in [1.54, 1.807) is 4.90 Å². The summed E-state index contributed by atoms with van der Waals surface area (Å²) < 4.78 is 44.5. The van der Waals surface area contributed by atoms with Crippen molar-refractivity contribution in [3.63, 3.8) is 0 Å². The van der Waals surface area contributed by atoms with Gasteiger partial charge in [0, 0.05) is 38.4 Å². The number of anilines is 1. The smallest absolute Gasteiger partial charge is 0.341 e. The molecule has 0 atom stereocenters. The summed E-state index contributed by atoms with van der Waals surface area (Å²) in [6.45, 7) is 3.01. The van der Waals surface area contributed by atoms with Crippen molar-refractivity contribution in [2.45, 2.75) is 6.92 Å². The fourth-order valence-electron chi connectivity index (χ4n) is 4.00. The first-order chi connectivity index (χ1) is 15.2. The number of hydrogen-bond donors (Lipinski definition) is 2. The standard InChI is InChI=1S/C22H18F3N3O4/c1-11(29)18-19-13(9-16(25)20(18)27-6-4-26-5-7-27)21(30)14(22(31)32)10-28(19)17-3-2-12(23)8-15(17)24/h2-3,8-10,26H,4-7H2,1H3,(H,31,32). The Balaban J connectivity index is 2.20. The molecule has 7 nitrogen and oxygen atoms in total. The Morgan fingerprint density at radius 2 is 1.75 bits per heavy atom. The second kappa shape index (κ2) is 8.12. The molecule has 0 bridgehead atoms. The van der Waals surface area contributed by atoms with Crippen LogP contribution >= 0.6 is 0 Å². The number of ketones is 1. The fraction of sp³-hybridized carbons (Fsp3) is 0.227. The van der Waals surface area contributed by atoms with E-state index in [0.29, 0.717) is 32.2 Å². The molecule has 1 aliphatic heterocycles. The SMILES string of the molecule is CC(=O)c1c(N2CCNCC2)c(F)cc2c(=O)c(C(=O)O)cn(-c3ccc(F)cc3F)c12. The van der Waals surface area contributed by atoms with Gasteiger partial charge in [0.2, 0.25) is 5.43 Å². The van der Waals surface area contributed by atoms with E-state index in [0.717, 1.165) is 29.0 Å². The number of nitrogens with zero attached hydrogens (tertiary/aromatic N) is 2. The first-order valence-electron chi connectivity index (χ1n) is 9.78. The van der Waals surface area contributed by atoms with Gasteiger partial charge in [0.1, 0.15) is 23.0 Å². The third-order valence-corrected chi connectivity index (χ3v) is 5.40. The van der Waals surface area contributed by atoms with Crippen molar-refractivity contribution in [1.29, 1.82) is 0 Å². The Labute approximate surface area is 179 Å². The number of Topliss-reactive ketones (excluding diaryl/α,β-unsaturated/α-hetero) is 1. The van der Waals surface area contributed by atoms with Gasteiger partial charge in [-0.1, -0.05) is 0 Å². The third kappa shape index (κ3) is 3.52. The zero-order valence-corrected chi connectivity index (χ0v) is 16.9. The number of nitrogens with one attached hydrogen (secondary N) is 1. The normalized spacial score (nSPS) is 14.1. The van der Waals surface area contributed by atoms with Gasteiger partial charge in [-0.05, 0) is 25.1 Å². The van der Waals surface area contributed by atoms with Gasteiger partial charge in [-0.25, -0.2) is 18.0 Å². The van der Waals surface area contributed by atoms with Crippen molar-refractivity contribution < 1.29 is 27.9 Å². The molecule has 1 aromatic heterocycles. The molecule has 10 heteroatoms. The van der Waals surface area contributed by atoms with E-state index >= 15 is 4.39 Å². The molecule has 0 radical (unpaired) electrons. The molecular formula is C22H18F3N3O4. The van der Waals surface area contributed by atoms with Crippen LogP contribution in [0.1, 0.15) is 27.6 Å². The Hall–Kier alpha value is -3.66. The van der Waals surface area contributed by atoms with E-state index < -0.39 is 45.6 Å². The highest BCUT2D eigenvalue weighted by Gasteiger charge is 2.28. The molecule has 0 saturated carbocycles. The minimum Gasteiger partial charge on any atom is -0.477 e. The van der Waals surface area contributed by atoms with Gasteiger partial charge in [0.05, 0.1) is 27.8 Å². The summed E-state index contributed by atoms with van der Waals surface area (Å²) in [4.78, 5) is 38.9. The molecule has 0 spiro atoms. The number of carboxylic acid groups (broad SMARTS) is 1. The van der Waals surface area contributed by atoms with Gasteiger partial charge < -0.3 is 19.9 Å².